The number of rotatable bonds is 0. The number of nitrogens with zero attached hydrogens (tertiary/aromatic N) is 2. The first-order chi connectivity index (χ1) is 7.43. The van der Waals surface area contributed by atoms with Crippen molar-refractivity contribution in [3.63, 3.8) is 0 Å². The fourth-order valence-corrected chi connectivity index (χ4v) is 1.62. The Kier molecular flexibility index (Phi) is 1.75. The van der Waals surface area contributed by atoms with Crippen LogP contribution in [0.25, 0.3) is 12.2 Å². The number of hydrogen-bond acceptors (Lipinski definition) is 3. The van der Waals surface area contributed by atoms with Crippen LogP contribution in [0.3, 0.4) is 0 Å². The summed E-state index contributed by atoms with van der Waals surface area (Å²) in [6.45, 7) is 0. The summed E-state index contributed by atoms with van der Waals surface area (Å²) in [5.74, 6) is 0. The molecule has 3 heteroatoms. The van der Waals surface area contributed by atoms with Crippen molar-refractivity contribution in [2.45, 2.75) is 0 Å². The predicted octanol–water partition coefficient (Wildman–Crippen LogP) is 2.70. The van der Waals surface area contributed by atoms with Gasteiger partial charge in [0, 0.05) is 12.4 Å². The minimum atomic E-state index is 0.940. The average molecular weight is 195 g/mol. The molecule has 3 heterocycles. The van der Waals surface area contributed by atoms with E-state index in [1.54, 1.807) is 12.4 Å². The van der Waals surface area contributed by atoms with Gasteiger partial charge in [-0.05, 0) is 36.4 Å². The Labute approximate surface area is 87.5 Å². The van der Waals surface area contributed by atoms with E-state index in [1.807, 2.05) is 36.4 Å². The topological polar surface area (TPSA) is 37.8 Å². The quantitative estimate of drug-likeness (QED) is 0.599. The summed E-state index contributed by atoms with van der Waals surface area (Å²) in [5, 5.41) is 3.32. The molecular weight excluding hydrogens is 186 g/mol. The summed E-state index contributed by atoms with van der Waals surface area (Å²) in [6.07, 6.45) is 7.52. The maximum atomic E-state index is 4.29. The van der Waals surface area contributed by atoms with Gasteiger partial charge in [0.15, 0.2) is 0 Å². The number of anilines is 2. The first-order valence-corrected chi connectivity index (χ1v) is 4.78. The Hall–Kier alpha value is -2.16. The number of fused-ring (bicyclic) bond motifs is 2. The van der Waals surface area contributed by atoms with E-state index in [4.69, 9.17) is 0 Å². The van der Waals surface area contributed by atoms with Gasteiger partial charge in [0.05, 0.1) is 22.8 Å². The van der Waals surface area contributed by atoms with Gasteiger partial charge in [0.25, 0.3) is 0 Å². The summed E-state index contributed by atoms with van der Waals surface area (Å²) in [4.78, 5) is 8.57. The lowest BCUT2D eigenvalue weighted by atomic mass is 10.3. The summed E-state index contributed by atoms with van der Waals surface area (Å²) in [6, 6.07) is 7.85. The Morgan fingerprint density at radius 1 is 0.800 bits per heavy atom. The molecule has 0 fully saturated rings. The summed E-state index contributed by atoms with van der Waals surface area (Å²) < 4.78 is 0. The second-order valence-electron chi connectivity index (χ2n) is 3.33. The standard InChI is InChI=1S/C12H9N3/c1-3-11-9(13-7-1)5-6-10-12(15-11)4-2-8-14-10/h1-8,15H. The van der Waals surface area contributed by atoms with Crippen molar-refractivity contribution < 1.29 is 0 Å². The molecule has 1 N–H and O–H groups in total. The minimum Gasteiger partial charge on any atom is -0.352 e. The maximum absolute atomic E-state index is 4.29. The number of aromatic nitrogens is 2. The lowest BCUT2D eigenvalue weighted by molar-refractivity contribution is 1.28. The van der Waals surface area contributed by atoms with Crippen LogP contribution >= 0.6 is 0 Å². The Bertz CT molecular complexity index is 484. The van der Waals surface area contributed by atoms with Crippen LogP contribution in [-0.4, -0.2) is 9.97 Å². The molecule has 0 radical (unpaired) electrons. The van der Waals surface area contributed by atoms with Crippen LogP contribution in [0.15, 0.2) is 36.7 Å². The summed E-state index contributed by atoms with van der Waals surface area (Å²) in [7, 11) is 0. The van der Waals surface area contributed by atoms with Crippen LogP contribution in [0.4, 0.5) is 11.4 Å². The molecule has 0 saturated heterocycles. The average Bonchev–Trinajstić information content (AvgIpc) is 2.48. The van der Waals surface area contributed by atoms with Crippen LogP contribution in [-0.2, 0) is 0 Å². The van der Waals surface area contributed by atoms with E-state index in [-0.39, 0.29) is 0 Å². The number of nitrogens with one attached hydrogen (secondary N) is 1. The van der Waals surface area contributed by atoms with E-state index >= 15 is 0 Å². The highest BCUT2D eigenvalue weighted by atomic mass is 14.9. The molecule has 3 rings (SSSR count). The fraction of sp³-hybridized carbons (Fsp3) is 0. The van der Waals surface area contributed by atoms with Gasteiger partial charge in [-0.2, -0.15) is 0 Å². The van der Waals surface area contributed by atoms with Gasteiger partial charge in [-0.1, -0.05) is 0 Å². The van der Waals surface area contributed by atoms with Crippen LogP contribution in [0.5, 0.6) is 0 Å². The molecule has 0 unspecified atom stereocenters. The lowest BCUT2D eigenvalue weighted by Gasteiger charge is -2.07. The summed E-state index contributed by atoms with van der Waals surface area (Å²) in [5.41, 5.74) is 3.91. The van der Waals surface area contributed by atoms with Crippen LogP contribution in [0.2, 0.25) is 0 Å². The van der Waals surface area contributed by atoms with E-state index < -0.39 is 0 Å². The molecule has 0 bridgehead atoms. The minimum absolute atomic E-state index is 0.940. The maximum Gasteiger partial charge on any atom is 0.0865 e. The number of pyridine rings is 2. The van der Waals surface area contributed by atoms with Crippen molar-refractivity contribution in [3.05, 3.63) is 48.0 Å². The van der Waals surface area contributed by atoms with Gasteiger partial charge < -0.3 is 5.32 Å². The molecule has 2 aromatic rings. The Balaban J connectivity index is 2.19. The zero-order valence-electron chi connectivity index (χ0n) is 8.01. The first kappa shape index (κ1) is 8.17. The zero-order valence-corrected chi connectivity index (χ0v) is 8.01. The van der Waals surface area contributed by atoms with Crippen molar-refractivity contribution in [1.82, 2.24) is 9.97 Å². The molecule has 0 aromatic carbocycles. The second-order valence-corrected chi connectivity index (χ2v) is 3.33. The molecule has 15 heavy (non-hydrogen) atoms. The Morgan fingerprint density at radius 2 is 1.33 bits per heavy atom. The lowest BCUT2D eigenvalue weighted by Crippen LogP contribution is -1.95. The highest BCUT2D eigenvalue weighted by Gasteiger charge is 2.08. The third-order valence-electron chi connectivity index (χ3n) is 2.35. The van der Waals surface area contributed by atoms with E-state index in [0.29, 0.717) is 0 Å². The number of hydrogen-bond donors (Lipinski definition) is 1. The third kappa shape index (κ3) is 1.38. The highest BCUT2D eigenvalue weighted by molar-refractivity contribution is 5.84. The monoisotopic (exact) mass is 195 g/mol. The van der Waals surface area contributed by atoms with Crippen molar-refractivity contribution >= 4 is 23.5 Å². The molecule has 72 valence electrons. The smallest absolute Gasteiger partial charge is 0.0865 e. The van der Waals surface area contributed by atoms with Gasteiger partial charge in [-0.3, -0.25) is 9.97 Å². The molecule has 1 aliphatic rings. The molecule has 1 aliphatic heterocycles. The van der Waals surface area contributed by atoms with Crippen molar-refractivity contribution in [1.29, 1.82) is 0 Å². The van der Waals surface area contributed by atoms with Gasteiger partial charge in [-0.25, -0.2) is 0 Å². The Morgan fingerprint density at radius 3 is 1.87 bits per heavy atom. The first-order valence-electron chi connectivity index (χ1n) is 4.78. The van der Waals surface area contributed by atoms with Gasteiger partial charge in [0.2, 0.25) is 0 Å². The van der Waals surface area contributed by atoms with Crippen LogP contribution < -0.4 is 5.32 Å². The van der Waals surface area contributed by atoms with Crippen molar-refractivity contribution in [2.75, 3.05) is 5.32 Å². The normalized spacial score (nSPS) is 12.3. The van der Waals surface area contributed by atoms with Gasteiger partial charge in [-0.15, -0.1) is 0 Å². The molecule has 0 saturated carbocycles. The third-order valence-corrected chi connectivity index (χ3v) is 2.35. The van der Waals surface area contributed by atoms with Crippen molar-refractivity contribution in [3.8, 4) is 0 Å². The fourth-order valence-electron chi connectivity index (χ4n) is 1.62. The van der Waals surface area contributed by atoms with E-state index in [9.17, 15) is 0 Å². The molecule has 0 spiro atoms. The highest BCUT2D eigenvalue weighted by Crippen LogP contribution is 2.26. The SMILES string of the molecule is C1=Cc2ncccc2Nc2cccnc21. The summed E-state index contributed by atoms with van der Waals surface area (Å²) >= 11 is 0. The molecule has 3 nitrogen and oxygen atoms in total. The molecular formula is C12H9N3. The van der Waals surface area contributed by atoms with Crippen LogP contribution in [0.1, 0.15) is 11.4 Å². The van der Waals surface area contributed by atoms with Gasteiger partial charge in [0.1, 0.15) is 0 Å². The largest absolute Gasteiger partial charge is 0.352 e. The molecule has 0 aliphatic carbocycles. The molecule has 2 aromatic heterocycles. The van der Waals surface area contributed by atoms with Crippen LogP contribution in [0, 0.1) is 0 Å². The molecule has 0 atom stereocenters. The van der Waals surface area contributed by atoms with E-state index in [1.165, 1.54) is 0 Å². The second kappa shape index (κ2) is 3.20. The van der Waals surface area contributed by atoms with Gasteiger partial charge >= 0.3 is 0 Å². The van der Waals surface area contributed by atoms with E-state index in [2.05, 4.69) is 15.3 Å². The van der Waals surface area contributed by atoms with Crippen molar-refractivity contribution in [2.24, 2.45) is 0 Å². The predicted molar refractivity (Wildman–Crippen MR) is 60.7 cm³/mol. The molecule has 0 amide bonds. The zero-order chi connectivity index (χ0) is 10.1. The van der Waals surface area contributed by atoms with E-state index in [0.717, 1.165) is 22.8 Å².